The quantitative estimate of drug-likeness (QED) is 0.460. The SMILES string of the molecule is Cc1ccc(C)c(N2C(=O)N(CC(=O)c3ccc(Br)s3)c3ccccc3S2(=O)=O)c1. The molecule has 0 spiro atoms. The zero-order chi connectivity index (χ0) is 21.6. The predicted molar refractivity (Wildman–Crippen MR) is 121 cm³/mol. The van der Waals surface area contributed by atoms with Crippen LogP contribution >= 0.6 is 27.3 Å². The van der Waals surface area contributed by atoms with E-state index in [1.807, 2.05) is 13.0 Å². The number of anilines is 2. The highest BCUT2D eigenvalue weighted by Gasteiger charge is 2.43. The van der Waals surface area contributed by atoms with Gasteiger partial charge in [0.2, 0.25) is 0 Å². The number of fused-ring (bicyclic) bond motifs is 1. The van der Waals surface area contributed by atoms with Gasteiger partial charge in [-0.05, 0) is 71.2 Å². The van der Waals surface area contributed by atoms with E-state index in [4.69, 9.17) is 0 Å². The van der Waals surface area contributed by atoms with Gasteiger partial charge in [0, 0.05) is 0 Å². The molecule has 2 aromatic carbocycles. The first-order chi connectivity index (χ1) is 14.2. The summed E-state index contributed by atoms with van der Waals surface area (Å²) in [5.41, 5.74) is 1.95. The van der Waals surface area contributed by atoms with E-state index in [0.717, 1.165) is 13.7 Å². The molecule has 2 heterocycles. The van der Waals surface area contributed by atoms with Crippen LogP contribution in [-0.4, -0.2) is 26.8 Å². The largest absolute Gasteiger partial charge is 0.343 e. The van der Waals surface area contributed by atoms with Crippen molar-refractivity contribution >= 4 is 60.5 Å². The van der Waals surface area contributed by atoms with Crippen LogP contribution < -0.4 is 9.21 Å². The van der Waals surface area contributed by atoms with Gasteiger partial charge < -0.3 is 0 Å². The van der Waals surface area contributed by atoms with Gasteiger partial charge in [-0.1, -0.05) is 24.3 Å². The van der Waals surface area contributed by atoms with E-state index in [1.54, 1.807) is 49.4 Å². The number of thiophene rings is 1. The first-order valence-electron chi connectivity index (χ1n) is 9.02. The summed E-state index contributed by atoms with van der Waals surface area (Å²) in [4.78, 5) is 28.0. The molecule has 0 atom stereocenters. The lowest BCUT2D eigenvalue weighted by Crippen LogP contribution is -2.52. The van der Waals surface area contributed by atoms with Crippen LogP contribution in [0.25, 0.3) is 0 Å². The fourth-order valence-electron chi connectivity index (χ4n) is 3.32. The van der Waals surface area contributed by atoms with Gasteiger partial charge in [-0.3, -0.25) is 9.69 Å². The zero-order valence-corrected chi connectivity index (χ0v) is 19.3. The minimum Gasteiger partial charge on any atom is -0.291 e. The Balaban J connectivity index is 1.85. The molecular weight excluding hydrogens is 488 g/mol. The number of ketones is 1. The van der Waals surface area contributed by atoms with Crippen LogP contribution in [0, 0.1) is 13.8 Å². The second kappa shape index (κ2) is 7.64. The van der Waals surface area contributed by atoms with Gasteiger partial charge in [0.15, 0.2) is 5.78 Å². The number of hydrogen-bond acceptors (Lipinski definition) is 5. The number of carbonyl (C=O) groups excluding carboxylic acids is 2. The van der Waals surface area contributed by atoms with Crippen LogP contribution in [0.4, 0.5) is 16.2 Å². The van der Waals surface area contributed by atoms with Gasteiger partial charge in [-0.15, -0.1) is 11.3 Å². The molecule has 0 N–H and O–H groups in total. The number of sulfonamides is 1. The van der Waals surface area contributed by atoms with Crippen molar-refractivity contribution in [3.05, 3.63) is 74.4 Å². The number of benzene rings is 2. The Bertz CT molecular complexity index is 1280. The number of hydrogen-bond donors (Lipinski definition) is 0. The molecule has 154 valence electrons. The lowest BCUT2D eigenvalue weighted by molar-refractivity contribution is 0.100. The van der Waals surface area contributed by atoms with E-state index < -0.39 is 16.1 Å². The summed E-state index contributed by atoms with van der Waals surface area (Å²) in [5, 5.41) is 0. The third-order valence-electron chi connectivity index (χ3n) is 4.81. The summed E-state index contributed by atoms with van der Waals surface area (Å²) in [6.45, 7) is 3.31. The van der Waals surface area contributed by atoms with E-state index in [-0.39, 0.29) is 28.6 Å². The van der Waals surface area contributed by atoms with Crippen LogP contribution in [0.3, 0.4) is 0 Å². The number of para-hydroxylation sites is 1. The van der Waals surface area contributed by atoms with E-state index in [0.29, 0.717) is 10.4 Å². The maximum atomic E-state index is 13.5. The number of amides is 2. The number of halogens is 1. The van der Waals surface area contributed by atoms with Crippen LogP contribution in [0.5, 0.6) is 0 Å². The number of Topliss-reactive ketones (excluding diaryl/α,β-unsaturated/α-hetero) is 1. The lowest BCUT2D eigenvalue weighted by Gasteiger charge is -2.36. The molecule has 3 aromatic rings. The van der Waals surface area contributed by atoms with Crippen molar-refractivity contribution in [2.75, 3.05) is 15.7 Å². The molecule has 0 aliphatic carbocycles. The predicted octanol–water partition coefficient (Wildman–Crippen LogP) is 5.15. The summed E-state index contributed by atoms with van der Waals surface area (Å²) in [6, 6.07) is 14.2. The second-order valence-electron chi connectivity index (χ2n) is 6.92. The molecule has 1 aromatic heterocycles. The van der Waals surface area contributed by atoms with Gasteiger partial charge in [0.25, 0.3) is 10.0 Å². The highest BCUT2D eigenvalue weighted by molar-refractivity contribution is 9.11. The summed E-state index contributed by atoms with van der Waals surface area (Å²) in [6.07, 6.45) is 0. The zero-order valence-electron chi connectivity index (χ0n) is 16.1. The molecule has 9 heteroatoms. The Labute approximate surface area is 186 Å². The van der Waals surface area contributed by atoms with Gasteiger partial charge in [0.1, 0.15) is 4.90 Å². The van der Waals surface area contributed by atoms with Crippen molar-refractivity contribution in [2.24, 2.45) is 0 Å². The topological polar surface area (TPSA) is 74.8 Å². The Morgan fingerprint density at radius 3 is 2.47 bits per heavy atom. The highest BCUT2D eigenvalue weighted by Crippen LogP contribution is 2.38. The average Bonchev–Trinajstić information content (AvgIpc) is 3.14. The molecular formula is C21H17BrN2O4S2. The van der Waals surface area contributed by atoms with Crippen LogP contribution in [0.1, 0.15) is 20.8 Å². The summed E-state index contributed by atoms with van der Waals surface area (Å²) in [5.74, 6) is -0.269. The Morgan fingerprint density at radius 2 is 1.77 bits per heavy atom. The summed E-state index contributed by atoms with van der Waals surface area (Å²) in [7, 11) is -4.13. The molecule has 2 amide bonds. The third-order valence-corrected chi connectivity index (χ3v) is 8.21. The first-order valence-corrected chi connectivity index (χ1v) is 12.1. The molecule has 6 nitrogen and oxygen atoms in total. The van der Waals surface area contributed by atoms with E-state index >= 15 is 0 Å². The Hall–Kier alpha value is -2.49. The van der Waals surface area contributed by atoms with Crippen molar-refractivity contribution < 1.29 is 18.0 Å². The first kappa shape index (κ1) is 20.8. The molecule has 4 rings (SSSR count). The van der Waals surface area contributed by atoms with Crippen LogP contribution in [0.15, 0.2) is 63.3 Å². The number of urea groups is 1. The van der Waals surface area contributed by atoms with Crippen LogP contribution in [-0.2, 0) is 10.0 Å². The second-order valence-corrected chi connectivity index (χ2v) is 11.1. The van der Waals surface area contributed by atoms with E-state index in [2.05, 4.69) is 15.9 Å². The standard InChI is InChI=1S/C21H17BrN2O4S2/c1-13-7-8-14(2)16(11-13)24-21(26)23(12-17(25)18-9-10-20(22)29-18)15-5-3-4-6-19(15)30(24,27)28/h3-11H,12H2,1-2H3. The minimum absolute atomic E-state index is 0.00864. The lowest BCUT2D eigenvalue weighted by atomic mass is 10.1. The third kappa shape index (κ3) is 3.46. The smallest absolute Gasteiger partial charge is 0.291 e. The van der Waals surface area contributed by atoms with Crippen molar-refractivity contribution in [1.29, 1.82) is 0 Å². The fraction of sp³-hybridized carbons (Fsp3) is 0.143. The van der Waals surface area contributed by atoms with Gasteiger partial charge in [-0.2, -0.15) is 4.31 Å². The molecule has 0 unspecified atom stereocenters. The molecule has 0 bridgehead atoms. The van der Waals surface area contributed by atoms with Crippen molar-refractivity contribution in [2.45, 2.75) is 18.7 Å². The van der Waals surface area contributed by atoms with Crippen molar-refractivity contribution in [1.82, 2.24) is 0 Å². The maximum absolute atomic E-state index is 13.5. The number of aryl methyl sites for hydroxylation is 2. The molecule has 1 aliphatic heterocycles. The monoisotopic (exact) mass is 504 g/mol. The average molecular weight is 505 g/mol. The summed E-state index contributed by atoms with van der Waals surface area (Å²) >= 11 is 4.60. The van der Waals surface area contributed by atoms with Crippen molar-refractivity contribution in [3.8, 4) is 0 Å². The fourth-order valence-corrected chi connectivity index (χ4v) is 6.29. The van der Waals surface area contributed by atoms with Gasteiger partial charge in [0.05, 0.1) is 26.6 Å². The van der Waals surface area contributed by atoms with Gasteiger partial charge in [-0.25, -0.2) is 13.2 Å². The minimum atomic E-state index is -4.13. The molecule has 0 saturated carbocycles. The number of nitrogens with zero attached hydrogens (tertiary/aromatic N) is 2. The highest BCUT2D eigenvalue weighted by atomic mass is 79.9. The van der Waals surface area contributed by atoms with Gasteiger partial charge >= 0.3 is 6.03 Å². The van der Waals surface area contributed by atoms with Crippen molar-refractivity contribution in [3.63, 3.8) is 0 Å². The Morgan fingerprint density at radius 1 is 1.03 bits per heavy atom. The molecule has 0 fully saturated rings. The molecule has 0 radical (unpaired) electrons. The number of rotatable bonds is 4. The molecule has 30 heavy (non-hydrogen) atoms. The Kier molecular flexibility index (Phi) is 5.29. The van der Waals surface area contributed by atoms with E-state index in [9.17, 15) is 18.0 Å². The summed E-state index contributed by atoms with van der Waals surface area (Å²) < 4.78 is 28.3. The van der Waals surface area contributed by atoms with E-state index in [1.165, 1.54) is 22.3 Å². The number of carbonyl (C=O) groups is 2. The normalized spacial score (nSPS) is 15.2. The molecule has 1 aliphatic rings. The molecule has 0 saturated heterocycles. The van der Waals surface area contributed by atoms with Crippen LogP contribution in [0.2, 0.25) is 0 Å². The maximum Gasteiger partial charge on any atom is 0.343 e.